The number of nitrogens with two attached hydrogens (primary N) is 1. The number of benzene rings is 2. The van der Waals surface area contributed by atoms with Gasteiger partial charge < -0.3 is 10.5 Å². The third kappa shape index (κ3) is 3.41. The van der Waals surface area contributed by atoms with Crippen LogP contribution in [0.25, 0.3) is 0 Å². The van der Waals surface area contributed by atoms with Gasteiger partial charge in [0.1, 0.15) is 12.4 Å². The lowest BCUT2D eigenvalue weighted by Gasteiger charge is -2.13. The topological polar surface area (TPSA) is 35.2 Å². The van der Waals surface area contributed by atoms with Gasteiger partial charge in [0.25, 0.3) is 0 Å². The first-order chi connectivity index (χ1) is 9.51. The Morgan fingerprint density at radius 3 is 2.30 bits per heavy atom. The second-order valence-electron chi connectivity index (χ2n) is 5.12. The van der Waals surface area contributed by atoms with Gasteiger partial charge in [0.05, 0.1) is 0 Å². The number of aryl methyl sites for hydroxylation is 3. The first-order valence-electron chi connectivity index (χ1n) is 6.69. The molecule has 0 saturated carbocycles. The van der Waals surface area contributed by atoms with Crippen molar-refractivity contribution in [3.63, 3.8) is 0 Å². The maximum Gasteiger partial charge on any atom is 0.120 e. The minimum absolute atomic E-state index is 0.500. The fraction of sp³-hybridized carbons (Fsp3) is 0.294. The maximum absolute atomic E-state index is 5.91. The molecule has 2 aromatic rings. The molecule has 106 valence electrons. The van der Waals surface area contributed by atoms with E-state index in [-0.39, 0.29) is 0 Å². The van der Waals surface area contributed by atoms with Gasteiger partial charge in [-0.3, -0.25) is 0 Å². The van der Waals surface area contributed by atoms with E-state index in [9.17, 15) is 0 Å². The van der Waals surface area contributed by atoms with E-state index >= 15 is 0 Å². The highest BCUT2D eigenvalue weighted by Gasteiger charge is 2.06. The van der Waals surface area contributed by atoms with Crippen LogP contribution in [0.15, 0.2) is 34.8 Å². The number of rotatable bonds is 4. The lowest BCUT2D eigenvalue weighted by atomic mass is 10.0. The molecule has 0 aliphatic rings. The molecule has 2 N–H and O–H groups in total. The molecular formula is C17H20BrNO. The minimum atomic E-state index is 0.500. The van der Waals surface area contributed by atoms with Gasteiger partial charge in [-0.15, -0.1) is 0 Å². The average Bonchev–Trinajstić information content (AvgIpc) is 2.39. The molecule has 0 aliphatic heterocycles. The van der Waals surface area contributed by atoms with Crippen molar-refractivity contribution < 1.29 is 4.74 Å². The van der Waals surface area contributed by atoms with Crippen LogP contribution in [0.3, 0.4) is 0 Å². The fourth-order valence-electron chi connectivity index (χ4n) is 2.39. The molecule has 2 rings (SSSR count). The van der Waals surface area contributed by atoms with Crippen LogP contribution in [0.1, 0.15) is 27.8 Å². The highest BCUT2D eigenvalue weighted by molar-refractivity contribution is 9.10. The highest BCUT2D eigenvalue weighted by atomic mass is 79.9. The molecule has 2 nitrogen and oxygen atoms in total. The first kappa shape index (κ1) is 15.1. The third-order valence-electron chi connectivity index (χ3n) is 3.46. The van der Waals surface area contributed by atoms with Crippen molar-refractivity contribution in [3.05, 3.63) is 62.6 Å². The van der Waals surface area contributed by atoms with Gasteiger partial charge in [0.15, 0.2) is 0 Å². The molecule has 2 aromatic carbocycles. The molecule has 0 atom stereocenters. The number of hydrogen-bond acceptors (Lipinski definition) is 2. The zero-order chi connectivity index (χ0) is 14.7. The second kappa shape index (κ2) is 6.42. The van der Waals surface area contributed by atoms with Crippen molar-refractivity contribution in [2.24, 2.45) is 5.73 Å². The van der Waals surface area contributed by atoms with Crippen LogP contribution in [0.2, 0.25) is 0 Å². The Balaban J connectivity index is 2.17. The second-order valence-corrected chi connectivity index (χ2v) is 5.98. The molecule has 0 fully saturated rings. The summed E-state index contributed by atoms with van der Waals surface area (Å²) in [5, 5.41) is 0. The normalized spacial score (nSPS) is 10.7. The lowest BCUT2D eigenvalue weighted by Crippen LogP contribution is -2.03. The van der Waals surface area contributed by atoms with Crippen molar-refractivity contribution in [2.45, 2.75) is 33.9 Å². The molecule has 0 radical (unpaired) electrons. The van der Waals surface area contributed by atoms with E-state index in [0.29, 0.717) is 13.2 Å². The van der Waals surface area contributed by atoms with Gasteiger partial charge >= 0.3 is 0 Å². The SMILES string of the molecule is Cc1cc(C)c(COc2ccc(Br)c(CN)c2)c(C)c1. The van der Waals surface area contributed by atoms with Crippen molar-refractivity contribution in [3.8, 4) is 5.75 Å². The van der Waals surface area contributed by atoms with Crippen LogP contribution >= 0.6 is 15.9 Å². The van der Waals surface area contributed by atoms with E-state index < -0.39 is 0 Å². The van der Waals surface area contributed by atoms with Crippen molar-refractivity contribution in [1.82, 2.24) is 0 Å². The summed E-state index contributed by atoms with van der Waals surface area (Å²) in [6, 6.07) is 10.3. The Kier molecular flexibility index (Phi) is 4.84. The summed E-state index contributed by atoms with van der Waals surface area (Å²) in [4.78, 5) is 0. The first-order valence-corrected chi connectivity index (χ1v) is 7.48. The van der Waals surface area contributed by atoms with Crippen LogP contribution in [0.5, 0.6) is 5.75 Å². The average molecular weight is 334 g/mol. The van der Waals surface area contributed by atoms with Gasteiger partial charge in [-0.2, -0.15) is 0 Å². The third-order valence-corrected chi connectivity index (χ3v) is 4.23. The van der Waals surface area contributed by atoms with E-state index in [0.717, 1.165) is 15.8 Å². The molecule has 3 heteroatoms. The Morgan fingerprint density at radius 1 is 1.05 bits per heavy atom. The Hall–Kier alpha value is -1.32. The zero-order valence-corrected chi connectivity index (χ0v) is 13.8. The van der Waals surface area contributed by atoms with E-state index in [1.165, 1.54) is 22.3 Å². The molecule has 0 heterocycles. The van der Waals surface area contributed by atoms with Crippen LogP contribution in [0, 0.1) is 20.8 Å². The van der Waals surface area contributed by atoms with Gasteiger partial charge in [-0.05, 0) is 61.2 Å². The molecule has 0 aromatic heterocycles. The maximum atomic E-state index is 5.91. The molecule has 0 bridgehead atoms. The Labute approximate surface area is 129 Å². The Bertz CT molecular complexity index is 599. The molecule has 20 heavy (non-hydrogen) atoms. The van der Waals surface area contributed by atoms with Crippen LogP contribution in [-0.2, 0) is 13.2 Å². The summed E-state index contributed by atoms with van der Waals surface area (Å²) in [5.41, 5.74) is 11.9. The highest BCUT2D eigenvalue weighted by Crippen LogP contribution is 2.24. The van der Waals surface area contributed by atoms with E-state index in [4.69, 9.17) is 10.5 Å². The van der Waals surface area contributed by atoms with Crippen LogP contribution in [-0.4, -0.2) is 0 Å². The number of halogens is 1. The van der Waals surface area contributed by atoms with Gasteiger partial charge in [-0.1, -0.05) is 33.6 Å². The standard InChI is InChI=1S/C17H20BrNO/c1-11-6-12(2)16(13(3)7-11)10-20-15-4-5-17(18)14(8-15)9-19/h4-8H,9-10,19H2,1-3H3. The summed E-state index contributed by atoms with van der Waals surface area (Å²) in [7, 11) is 0. The van der Waals surface area contributed by atoms with Crippen molar-refractivity contribution >= 4 is 15.9 Å². The largest absolute Gasteiger partial charge is 0.489 e. The number of hydrogen-bond donors (Lipinski definition) is 1. The summed E-state index contributed by atoms with van der Waals surface area (Å²) in [6.45, 7) is 7.47. The quantitative estimate of drug-likeness (QED) is 0.899. The predicted molar refractivity (Wildman–Crippen MR) is 87.0 cm³/mol. The Morgan fingerprint density at radius 2 is 1.70 bits per heavy atom. The van der Waals surface area contributed by atoms with E-state index in [1.54, 1.807) is 0 Å². The fourth-order valence-corrected chi connectivity index (χ4v) is 2.80. The molecule has 0 amide bonds. The summed E-state index contributed by atoms with van der Waals surface area (Å²) < 4.78 is 6.94. The number of ether oxygens (including phenoxy) is 1. The molecule has 0 unspecified atom stereocenters. The summed E-state index contributed by atoms with van der Waals surface area (Å²) >= 11 is 3.48. The minimum Gasteiger partial charge on any atom is -0.489 e. The molecule has 0 aliphatic carbocycles. The predicted octanol–water partition coefficient (Wildman–Crippen LogP) is 4.41. The lowest BCUT2D eigenvalue weighted by molar-refractivity contribution is 0.304. The van der Waals surface area contributed by atoms with Gasteiger partial charge in [-0.25, -0.2) is 0 Å². The molecular weight excluding hydrogens is 314 g/mol. The van der Waals surface area contributed by atoms with Crippen LogP contribution < -0.4 is 10.5 Å². The van der Waals surface area contributed by atoms with Gasteiger partial charge in [0, 0.05) is 11.0 Å². The van der Waals surface area contributed by atoms with E-state index in [1.807, 2.05) is 18.2 Å². The summed E-state index contributed by atoms with van der Waals surface area (Å²) in [6.07, 6.45) is 0. The van der Waals surface area contributed by atoms with Crippen molar-refractivity contribution in [1.29, 1.82) is 0 Å². The summed E-state index contributed by atoms with van der Waals surface area (Å²) in [5.74, 6) is 0.855. The van der Waals surface area contributed by atoms with Crippen LogP contribution in [0.4, 0.5) is 0 Å². The zero-order valence-electron chi connectivity index (χ0n) is 12.2. The van der Waals surface area contributed by atoms with E-state index in [2.05, 4.69) is 48.8 Å². The molecule has 0 spiro atoms. The van der Waals surface area contributed by atoms with Gasteiger partial charge in [0.2, 0.25) is 0 Å². The monoisotopic (exact) mass is 333 g/mol. The smallest absolute Gasteiger partial charge is 0.120 e. The molecule has 0 saturated heterocycles. The van der Waals surface area contributed by atoms with Crippen molar-refractivity contribution in [2.75, 3.05) is 0 Å².